The zero-order valence-electron chi connectivity index (χ0n) is 12.0. The second kappa shape index (κ2) is 5.05. The Morgan fingerprint density at radius 1 is 1.16 bits per heavy atom. The van der Waals surface area contributed by atoms with E-state index in [1.165, 1.54) is 0 Å². The minimum Gasteiger partial charge on any atom is -0.382 e. The van der Waals surface area contributed by atoms with Crippen molar-refractivity contribution >= 4 is 55.0 Å². The Bertz CT molecular complexity index is 953. The molecule has 0 saturated carbocycles. The fourth-order valence-electron chi connectivity index (χ4n) is 1.78. The van der Waals surface area contributed by atoms with Gasteiger partial charge in [-0.05, 0) is 12.1 Å². The largest absolute Gasteiger partial charge is 0.382 e. The van der Waals surface area contributed by atoms with Crippen LogP contribution in [0.2, 0.25) is 10.0 Å². The number of hydrogen-bond donors (Lipinski definition) is 2. The van der Waals surface area contributed by atoms with Crippen molar-refractivity contribution in [3.63, 3.8) is 0 Å². The molecule has 0 fully saturated rings. The normalized spacial score (nSPS) is 15.5. The molecule has 0 atom stereocenters. The molecule has 0 aliphatic carbocycles. The third-order valence-corrected chi connectivity index (χ3v) is 5.04. The number of halogens is 7. The first-order valence-corrected chi connectivity index (χ1v) is 10.5. The van der Waals surface area contributed by atoms with Crippen LogP contribution in [0.3, 0.4) is 0 Å². The lowest BCUT2D eigenvalue weighted by Gasteiger charge is -2.40. The smallest absolute Gasteiger partial charge is 0.310 e. The molecule has 2 aromatic rings. The second-order valence-electron chi connectivity index (χ2n) is 4.93. The molecule has 6 nitrogen and oxygen atoms in total. The molecule has 0 spiro atoms. The van der Waals surface area contributed by atoms with Crippen LogP contribution in [0.15, 0.2) is 23.2 Å². The van der Waals surface area contributed by atoms with Crippen LogP contribution in [0.4, 0.5) is 30.9 Å². The van der Waals surface area contributed by atoms with Gasteiger partial charge in [-0.2, -0.15) is 5.10 Å². The van der Waals surface area contributed by atoms with E-state index < -0.39 is 40.9 Å². The highest BCUT2D eigenvalue weighted by atomic mass is 35.5. The van der Waals surface area contributed by atoms with Crippen molar-refractivity contribution in [2.24, 2.45) is 0 Å². The molecule has 0 radical (unpaired) electrons. The van der Waals surface area contributed by atoms with Crippen molar-refractivity contribution in [3.05, 3.63) is 28.4 Å². The van der Waals surface area contributed by atoms with E-state index in [1.807, 2.05) is 4.72 Å². The molecule has 0 bridgehead atoms. The lowest BCUT2D eigenvalue weighted by atomic mass is 10.3. The van der Waals surface area contributed by atoms with Crippen LogP contribution in [-0.2, 0) is 10.0 Å². The van der Waals surface area contributed by atoms with Crippen molar-refractivity contribution in [1.82, 2.24) is 9.78 Å². The van der Waals surface area contributed by atoms with Gasteiger partial charge in [-0.25, -0.2) is 13.1 Å². The maximum absolute atomic E-state index is 12.9. The van der Waals surface area contributed by atoms with E-state index in [9.17, 15) is 27.8 Å². The molecule has 0 aliphatic rings. The van der Waals surface area contributed by atoms with Crippen LogP contribution in [0.25, 0.3) is 5.69 Å². The van der Waals surface area contributed by atoms with Gasteiger partial charge in [0.1, 0.15) is 16.3 Å². The first-order valence-electron chi connectivity index (χ1n) is 5.94. The van der Waals surface area contributed by atoms with Crippen molar-refractivity contribution in [3.8, 4) is 5.69 Å². The van der Waals surface area contributed by atoms with Crippen LogP contribution >= 0.6 is 33.4 Å². The molecule has 1 aromatic carbocycles. The summed E-state index contributed by atoms with van der Waals surface area (Å²) in [5.74, 6) is -0.366. The molecule has 0 unspecified atom stereocenters. The summed E-state index contributed by atoms with van der Waals surface area (Å²) in [6, 6.07) is -0.00970. The van der Waals surface area contributed by atoms with Crippen molar-refractivity contribution in [2.45, 2.75) is 4.90 Å². The van der Waals surface area contributed by atoms with Crippen LogP contribution in [-0.4, -0.2) is 24.5 Å². The minimum absolute atomic E-state index is 0.00485. The van der Waals surface area contributed by atoms with E-state index in [2.05, 4.69) is 5.10 Å². The highest BCUT2D eigenvalue weighted by molar-refractivity contribution is 8.45. The summed E-state index contributed by atoms with van der Waals surface area (Å²) in [6.45, 7) is 0. The van der Waals surface area contributed by atoms with Gasteiger partial charge < -0.3 is 5.73 Å². The van der Waals surface area contributed by atoms with Gasteiger partial charge in [0.2, 0.25) is 10.0 Å². The van der Waals surface area contributed by atoms with E-state index in [-0.39, 0.29) is 23.6 Å². The Balaban J connectivity index is 2.64. The number of nitrogen functional groups attached to an aromatic ring is 1. The average Bonchev–Trinajstić information content (AvgIpc) is 2.66. The molecule has 0 aliphatic heterocycles. The van der Waals surface area contributed by atoms with Crippen LogP contribution in [0, 0.1) is 0 Å². The van der Waals surface area contributed by atoms with Crippen molar-refractivity contribution in [1.29, 1.82) is 0 Å². The molecule has 15 heteroatoms. The van der Waals surface area contributed by atoms with Gasteiger partial charge in [0.25, 0.3) is 0 Å². The lowest BCUT2D eigenvalue weighted by molar-refractivity contribution is 0.364. The van der Waals surface area contributed by atoms with E-state index in [0.717, 1.165) is 12.5 Å². The third-order valence-electron chi connectivity index (χ3n) is 2.75. The highest BCUT2D eigenvalue weighted by Gasteiger charge is 2.65. The number of sulfonamides is 1. The Hall–Kier alpha value is -1.44. The molecule has 2 rings (SSSR count). The minimum atomic E-state index is -10.00. The van der Waals surface area contributed by atoms with Gasteiger partial charge in [0.05, 0.1) is 22.5 Å². The molecule has 0 amide bonds. The predicted molar refractivity (Wildman–Crippen MR) is 87.9 cm³/mol. The standard InChI is InChI=1S/C10H9Cl2F5N4O2S2/c1-24(22,23)20-8-4-19-21(10(8)18)9-6(11)2-5(3-7(9)12)25(13,14,15,16)17/h2-4,20H,18H2,1H3. The summed E-state index contributed by atoms with van der Waals surface area (Å²) in [4.78, 5) is -2.28. The SMILES string of the molecule is CS(=O)(=O)Nc1cnn(-c2c(Cl)cc(S(F)(F)(F)(F)F)cc2Cl)c1N. The number of nitrogens with one attached hydrogen (secondary N) is 1. The van der Waals surface area contributed by atoms with E-state index >= 15 is 0 Å². The maximum Gasteiger partial charge on any atom is 0.310 e. The van der Waals surface area contributed by atoms with Gasteiger partial charge in [0.15, 0.2) is 5.82 Å². The molecule has 3 N–H and O–H groups in total. The molecule has 25 heavy (non-hydrogen) atoms. The molecule has 142 valence electrons. The molecule has 1 heterocycles. The van der Waals surface area contributed by atoms with Crippen LogP contribution < -0.4 is 10.5 Å². The summed E-state index contributed by atoms with van der Waals surface area (Å²) in [5, 5.41) is 2.04. The molecular weight excluding hydrogens is 438 g/mol. The zero-order valence-corrected chi connectivity index (χ0v) is 15.1. The summed E-state index contributed by atoms with van der Waals surface area (Å²) < 4.78 is 89.5. The highest BCUT2D eigenvalue weighted by Crippen LogP contribution is 3.02. The number of rotatable bonds is 4. The van der Waals surface area contributed by atoms with Gasteiger partial charge in [-0.1, -0.05) is 42.6 Å². The Kier molecular flexibility index (Phi) is 4.02. The van der Waals surface area contributed by atoms with E-state index in [1.54, 1.807) is 0 Å². The fraction of sp³-hybridized carbons (Fsp3) is 0.100. The van der Waals surface area contributed by atoms with Crippen molar-refractivity contribution in [2.75, 3.05) is 16.7 Å². The quantitative estimate of drug-likeness (QED) is 0.660. The Morgan fingerprint density at radius 2 is 1.64 bits per heavy atom. The Morgan fingerprint density at radius 3 is 2.04 bits per heavy atom. The van der Waals surface area contributed by atoms with Gasteiger partial charge in [-0.15, -0.1) is 0 Å². The topological polar surface area (TPSA) is 90.0 Å². The number of nitrogens with zero attached hydrogens (tertiary/aromatic N) is 2. The van der Waals surface area contributed by atoms with Crippen LogP contribution in [0.1, 0.15) is 0 Å². The van der Waals surface area contributed by atoms with Gasteiger partial charge >= 0.3 is 10.2 Å². The second-order valence-corrected chi connectivity index (χ2v) is 9.91. The molecular formula is C10H9Cl2F5N4O2S2. The molecule has 1 aromatic heterocycles. The van der Waals surface area contributed by atoms with Crippen LogP contribution in [0.5, 0.6) is 0 Å². The fourth-order valence-corrected chi connectivity index (χ4v) is 3.80. The summed E-state index contributed by atoms with van der Waals surface area (Å²) in [7, 11) is -13.7. The number of nitrogens with two attached hydrogens (primary N) is 1. The first kappa shape index (κ1) is 19.9. The number of benzene rings is 1. The maximum atomic E-state index is 12.9. The average molecular weight is 447 g/mol. The number of anilines is 2. The summed E-state index contributed by atoms with van der Waals surface area (Å²) in [6.07, 6.45) is 1.77. The van der Waals surface area contributed by atoms with E-state index in [0.29, 0.717) is 4.68 Å². The molecule has 0 saturated heterocycles. The third kappa shape index (κ3) is 4.40. The van der Waals surface area contributed by atoms with E-state index in [4.69, 9.17) is 28.9 Å². The summed E-state index contributed by atoms with van der Waals surface area (Å²) >= 11 is 11.3. The lowest BCUT2D eigenvalue weighted by Crippen LogP contribution is -2.12. The summed E-state index contributed by atoms with van der Waals surface area (Å²) in [5.41, 5.74) is 5.02. The number of aromatic nitrogens is 2. The van der Waals surface area contributed by atoms with Gasteiger partial charge in [-0.3, -0.25) is 4.72 Å². The van der Waals surface area contributed by atoms with Gasteiger partial charge in [0, 0.05) is 0 Å². The first-order chi connectivity index (χ1) is 10.9. The Labute approximate surface area is 148 Å². The zero-order chi connectivity index (χ0) is 19.5. The predicted octanol–water partition coefficient (Wildman–Crippen LogP) is 4.79. The van der Waals surface area contributed by atoms with Crippen molar-refractivity contribution < 1.29 is 27.8 Å². The number of hydrogen-bond acceptors (Lipinski definition) is 4. The monoisotopic (exact) mass is 446 g/mol.